The van der Waals surface area contributed by atoms with Crippen molar-refractivity contribution in [1.82, 2.24) is 15.2 Å². The Kier molecular flexibility index (Phi) is 4.56. The Morgan fingerprint density at radius 3 is 2.62 bits per heavy atom. The fourth-order valence-corrected chi connectivity index (χ4v) is 2.37. The Bertz CT molecular complexity index is 842. The average molecular weight is 321 g/mol. The van der Waals surface area contributed by atoms with Crippen molar-refractivity contribution < 1.29 is 4.79 Å². The van der Waals surface area contributed by atoms with Crippen LogP contribution in [0.3, 0.4) is 0 Å². The Morgan fingerprint density at radius 1 is 1.08 bits per heavy atom. The van der Waals surface area contributed by atoms with Crippen molar-refractivity contribution in [2.45, 2.75) is 20.4 Å². The van der Waals surface area contributed by atoms with Crippen LogP contribution in [0, 0.1) is 13.8 Å². The van der Waals surface area contributed by atoms with Crippen LogP contribution in [0.25, 0.3) is 0 Å². The number of benzene rings is 1. The van der Waals surface area contributed by atoms with Gasteiger partial charge in [0, 0.05) is 11.9 Å². The fraction of sp³-hybridized carbons (Fsp3) is 0.167. The number of carbonyl (C=O) groups is 1. The summed E-state index contributed by atoms with van der Waals surface area (Å²) in [6, 6.07) is 13.5. The molecule has 0 atom stereocenters. The Balaban J connectivity index is 1.66. The summed E-state index contributed by atoms with van der Waals surface area (Å²) in [4.78, 5) is 16.6. The average Bonchev–Trinajstić information content (AvgIpc) is 3.11. The molecule has 3 aromatic rings. The highest BCUT2D eigenvalue weighted by atomic mass is 16.1. The number of hydrogen-bond donors (Lipinski definition) is 3. The van der Waals surface area contributed by atoms with Crippen LogP contribution in [0.4, 0.5) is 11.4 Å². The summed E-state index contributed by atoms with van der Waals surface area (Å²) in [5.74, 6) is -0.233. The number of pyridine rings is 1. The molecule has 0 unspecified atom stereocenters. The molecule has 3 N–H and O–H groups in total. The highest BCUT2D eigenvalue weighted by molar-refractivity contribution is 6.03. The lowest BCUT2D eigenvalue weighted by molar-refractivity contribution is 0.102. The highest BCUT2D eigenvalue weighted by Gasteiger charge is 2.10. The number of hydrogen-bond acceptors (Lipinski definition) is 4. The second-order valence-electron chi connectivity index (χ2n) is 5.53. The number of H-pyrrole nitrogens is 1. The molecule has 122 valence electrons. The molecule has 0 saturated heterocycles. The van der Waals surface area contributed by atoms with Crippen molar-refractivity contribution in [3.05, 3.63) is 71.3 Å². The first kappa shape index (κ1) is 15.7. The summed E-state index contributed by atoms with van der Waals surface area (Å²) in [7, 11) is 0. The van der Waals surface area contributed by atoms with Gasteiger partial charge in [-0.05, 0) is 43.7 Å². The molecule has 1 aromatic carbocycles. The second kappa shape index (κ2) is 6.95. The van der Waals surface area contributed by atoms with Crippen LogP contribution in [0.15, 0.2) is 48.7 Å². The monoisotopic (exact) mass is 321 g/mol. The number of aromatic amines is 1. The van der Waals surface area contributed by atoms with Crippen molar-refractivity contribution in [2.75, 3.05) is 10.6 Å². The summed E-state index contributed by atoms with van der Waals surface area (Å²) in [6.07, 6.45) is 1.54. The Morgan fingerprint density at radius 2 is 1.92 bits per heavy atom. The SMILES string of the molecule is Cc1ccccc1NCc1ccc(NC(=O)c2ccn[nH]2)c(C)n1. The Labute approximate surface area is 140 Å². The predicted molar refractivity (Wildman–Crippen MR) is 94.0 cm³/mol. The van der Waals surface area contributed by atoms with Gasteiger partial charge < -0.3 is 10.6 Å². The van der Waals surface area contributed by atoms with E-state index in [1.54, 1.807) is 12.3 Å². The number of rotatable bonds is 5. The first-order chi connectivity index (χ1) is 11.6. The van der Waals surface area contributed by atoms with Crippen molar-refractivity contribution in [3.63, 3.8) is 0 Å². The van der Waals surface area contributed by atoms with Crippen LogP contribution in [0.1, 0.15) is 27.4 Å². The van der Waals surface area contributed by atoms with Crippen LogP contribution in [0.2, 0.25) is 0 Å². The maximum atomic E-state index is 12.0. The summed E-state index contributed by atoms with van der Waals surface area (Å²) in [6.45, 7) is 4.56. The molecule has 0 aliphatic rings. The molecule has 2 heterocycles. The van der Waals surface area contributed by atoms with Gasteiger partial charge >= 0.3 is 0 Å². The second-order valence-corrected chi connectivity index (χ2v) is 5.53. The minimum Gasteiger partial charge on any atom is -0.379 e. The molecule has 24 heavy (non-hydrogen) atoms. The van der Waals surface area contributed by atoms with Gasteiger partial charge in [-0.1, -0.05) is 18.2 Å². The normalized spacial score (nSPS) is 10.4. The molecule has 6 nitrogen and oxygen atoms in total. The maximum absolute atomic E-state index is 12.0. The molecule has 0 aliphatic heterocycles. The number of nitrogens with zero attached hydrogens (tertiary/aromatic N) is 2. The number of amides is 1. The molecule has 0 spiro atoms. The summed E-state index contributed by atoms with van der Waals surface area (Å²) < 4.78 is 0. The van der Waals surface area contributed by atoms with Crippen molar-refractivity contribution in [1.29, 1.82) is 0 Å². The molecule has 1 amide bonds. The van der Waals surface area contributed by atoms with E-state index in [9.17, 15) is 4.79 Å². The van der Waals surface area contributed by atoms with Crippen LogP contribution in [-0.2, 0) is 6.54 Å². The number of aromatic nitrogens is 3. The molecule has 0 radical (unpaired) electrons. The van der Waals surface area contributed by atoms with Crippen molar-refractivity contribution in [3.8, 4) is 0 Å². The molecule has 0 saturated carbocycles. The van der Waals surface area contributed by atoms with Gasteiger partial charge in [-0.15, -0.1) is 0 Å². The van der Waals surface area contributed by atoms with E-state index < -0.39 is 0 Å². The first-order valence-corrected chi connectivity index (χ1v) is 7.70. The van der Waals surface area contributed by atoms with E-state index in [1.807, 2.05) is 37.3 Å². The van der Waals surface area contributed by atoms with Crippen LogP contribution >= 0.6 is 0 Å². The lowest BCUT2D eigenvalue weighted by Crippen LogP contribution is -2.14. The molecule has 0 bridgehead atoms. The molecule has 0 aliphatic carbocycles. The summed E-state index contributed by atoms with van der Waals surface area (Å²) >= 11 is 0. The van der Waals surface area contributed by atoms with Gasteiger partial charge in [-0.2, -0.15) is 5.10 Å². The van der Waals surface area contributed by atoms with E-state index in [2.05, 4.69) is 38.8 Å². The third-order valence-electron chi connectivity index (χ3n) is 3.74. The van der Waals surface area contributed by atoms with Crippen LogP contribution < -0.4 is 10.6 Å². The van der Waals surface area contributed by atoms with E-state index in [0.717, 1.165) is 17.1 Å². The largest absolute Gasteiger partial charge is 0.379 e. The van der Waals surface area contributed by atoms with E-state index in [4.69, 9.17) is 0 Å². The van der Waals surface area contributed by atoms with Gasteiger partial charge in [-0.3, -0.25) is 14.9 Å². The number of nitrogens with one attached hydrogen (secondary N) is 3. The third kappa shape index (κ3) is 3.60. The predicted octanol–water partition coefficient (Wildman–Crippen LogP) is 3.29. The summed E-state index contributed by atoms with van der Waals surface area (Å²) in [5, 5.41) is 12.6. The smallest absolute Gasteiger partial charge is 0.273 e. The molecular formula is C18H19N5O. The van der Waals surface area contributed by atoms with Gasteiger partial charge in [0.1, 0.15) is 5.69 Å². The van der Waals surface area contributed by atoms with Crippen molar-refractivity contribution in [2.24, 2.45) is 0 Å². The summed E-state index contributed by atoms with van der Waals surface area (Å²) in [5.41, 5.74) is 5.07. The van der Waals surface area contributed by atoms with Gasteiger partial charge in [0.05, 0.1) is 23.6 Å². The third-order valence-corrected chi connectivity index (χ3v) is 3.74. The zero-order valence-corrected chi connectivity index (χ0v) is 13.6. The van der Waals surface area contributed by atoms with E-state index >= 15 is 0 Å². The number of para-hydroxylation sites is 1. The van der Waals surface area contributed by atoms with Crippen LogP contribution in [0.5, 0.6) is 0 Å². The van der Waals surface area contributed by atoms with Crippen LogP contribution in [-0.4, -0.2) is 21.1 Å². The molecular weight excluding hydrogens is 302 g/mol. The minimum atomic E-state index is -0.233. The van der Waals surface area contributed by atoms with Gasteiger partial charge in [-0.25, -0.2) is 0 Å². The van der Waals surface area contributed by atoms with E-state index in [-0.39, 0.29) is 5.91 Å². The van der Waals surface area contributed by atoms with Gasteiger partial charge in [0.2, 0.25) is 0 Å². The lowest BCUT2D eigenvalue weighted by atomic mass is 10.2. The van der Waals surface area contributed by atoms with Gasteiger partial charge in [0.15, 0.2) is 0 Å². The minimum absolute atomic E-state index is 0.233. The highest BCUT2D eigenvalue weighted by Crippen LogP contribution is 2.17. The standard InChI is InChI=1S/C18H19N5O/c1-12-5-3-4-6-15(12)19-11-14-7-8-16(13(2)21-14)22-18(24)17-9-10-20-23-17/h3-10,19H,11H2,1-2H3,(H,20,23)(H,22,24). The quantitative estimate of drug-likeness (QED) is 0.673. The van der Waals surface area contributed by atoms with E-state index in [1.165, 1.54) is 5.56 Å². The van der Waals surface area contributed by atoms with E-state index in [0.29, 0.717) is 17.9 Å². The topological polar surface area (TPSA) is 82.7 Å². The Hall–Kier alpha value is -3.15. The zero-order chi connectivity index (χ0) is 16.9. The maximum Gasteiger partial charge on any atom is 0.273 e. The molecule has 0 fully saturated rings. The number of aryl methyl sites for hydroxylation is 2. The first-order valence-electron chi connectivity index (χ1n) is 7.70. The number of carbonyl (C=O) groups excluding carboxylic acids is 1. The van der Waals surface area contributed by atoms with Crippen molar-refractivity contribution >= 4 is 17.3 Å². The zero-order valence-electron chi connectivity index (χ0n) is 13.6. The molecule has 2 aromatic heterocycles. The molecule has 3 rings (SSSR count). The fourth-order valence-electron chi connectivity index (χ4n) is 2.37. The molecule has 6 heteroatoms. The lowest BCUT2D eigenvalue weighted by Gasteiger charge is -2.11. The van der Waals surface area contributed by atoms with Gasteiger partial charge in [0.25, 0.3) is 5.91 Å². The number of anilines is 2.